The number of aliphatic hydroxyl groups excluding tert-OH is 1. The molecule has 3 rings (SSSR count). The molecule has 2 aromatic carbocycles. The molecule has 0 aliphatic carbocycles. The van der Waals surface area contributed by atoms with Crippen molar-refractivity contribution in [2.45, 2.75) is 70.9 Å². The van der Waals surface area contributed by atoms with Gasteiger partial charge in [-0.3, -0.25) is 0 Å². The second-order valence-corrected chi connectivity index (χ2v) is 12.2. The van der Waals surface area contributed by atoms with E-state index in [9.17, 15) is 23.1 Å². The molecule has 0 fully saturated rings. The number of aryl methyl sites for hydroxylation is 1. The summed E-state index contributed by atoms with van der Waals surface area (Å²) in [6.45, 7) is 8.45. The second kappa shape index (κ2) is 11.5. The Labute approximate surface area is 234 Å². The number of rotatable bonds is 8. The van der Waals surface area contributed by atoms with E-state index >= 15 is 0 Å². The molecule has 0 amide bonds. The van der Waals surface area contributed by atoms with Crippen molar-refractivity contribution in [1.82, 2.24) is 0 Å². The average molecular weight is 590 g/mol. The van der Waals surface area contributed by atoms with Gasteiger partial charge in [-0.25, -0.2) is 4.79 Å². The monoisotopic (exact) mass is 588 g/mol. The highest BCUT2D eigenvalue weighted by molar-refractivity contribution is 7.15. The number of halogens is 5. The summed E-state index contributed by atoms with van der Waals surface area (Å²) >= 11 is 14.2. The number of thiophene rings is 1. The molecule has 38 heavy (non-hydrogen) atoms. The van der Waals surface area contributed by atoms with Crippen LogP contribution in [0.3, 0.4) is 0 Å². The Bertz CT molecular complexity index is 1280. The van der Waals surface area contributed by atoms with E-state index in [1.165, 1.54) is 23.5 Å². The van der Waals surface area contributed by atoms with E-state index in [4.69, 9.17) is 32.7 Å². The number of hydrogen-bond acceptors (Lipinski definition) is 5. The zero-order chi connectivity index (χ0) is 28.5. The molecule has 0 saturated heterocycles. The van der Waals surface area contributed by atoms with E-state index in [-0.39, 0.29) is 15.8 Å². The van der Waals surface area contributed by atoms with Crippen molar-refractivity contribution in [2.24, 2.45) is 0 Å². The Hall–Kier alpha value is -2.26. The van der Waals surface area contributed by atoms with Crippen LogP contribution in [-0.4, -0.2) is 22.3 Å². The van der Waals surface area contributed by atoms with Gasteiger partial charge >= 0.3 is 12.1 Å². The number of ether oxygens (including phenoxy) is 2. The number of alkyl halides is 3. The summed E-state index contributed by atoms with van der Waals surface area (Å²) in [6.07, 6.45) is -4.45. The highest BCUT2D eigenvalue weighted by atomic mass is 35.5. The van der Waals surface area contributed by atoms with Gasteiger partial charge in [0.2, 0.25) is 0 Å². The van der Waals surface area contributed by atoms with Crippen molar-refractivity contribution in [3.05, 3.63) is 74.6 Å². The molecule has 10 heteroatoms. The fourth-order valence-electron chi connectivity index (χ4n) is 3.51. The van der Waals surface area contributed by atoms with E-state index in [0.717, 1.165) is 17.0 Å². The number of carbonyl (C=O) groups is 1. The second-order valence-electron chi connectivity index (χ2n) is 10.3. The molecule has 1 N–H and O–H groups in total. The van der Waals surface area contributed by atoms with Crippen LogP contribution in [-0.2, 0) is 22.1 Å². The van der Waals surface area contributed by atoms with Crippen molar-refractivity contribution in [2.75, 3.05) is 0 Å². The molecule has 0 aliphatic heterocycles. The lowest BCUT2D eigenvalue weighted by Crippen LogP contribution is -2.43. The minimum atomic E-state index is -4.39. The summed E-state index contributed by atoms with van der Waals surface area (Å²) in [5.74, 6) is -0.313. The molecule has 0 radical (unpaired) electrons. The van der Waals surface area contributed by atoms with Crippen LogP contribution in [0, 0.1) is 0 Å². The molecular weight excluding hydrogens is 560 g/mol. The summed E-state index contributed by atoms with van der Waals surface area (Å²) < 4.78 is 49.7. The minimum Gasteiger partial charge on any atom is -0.475 e. The number of carbonyl (C=O) groups excluding carboxylic acids is 1. The normalized spacial score (nSPS) is 13.3. The van der Waals surface area contributed by atoms with Gasteiger partial charge in [-0.05, 0) is 88.9 Å². The minimum absolute atomic E-state index is 0.149. The fourth-order valence-corrected chi connectivity index (χ4v) is 5.01. The van der Waals surface area contributed by atoms with Crippen LogP contribution in [0.4, 0.5) is 13.2 Å². The third-order valence-corrected chi connectivity index (χ3v) is 7.66. The topological polar surface area (TPSA) is 55.8 Å². The van der Waals surface area contributed by atoms with Crippen LogP contribution < -0.4 is 4.74 Å². The van der Waals surface area contributed by atoms with Gasteiger partial charge in [0.25, 0.3) is 0 Å². The van der Waals surface area contributed by atoms with E-state index < -0.39 is 35.0 Å². The van der Waals surface area contributed by atoms with Crippen LogP contribution in [0.1, 0.15) is 63.1 Å². The lowest BCUT2D eigenvalue weighted by molar-refractivity contribution is -0.170. The van der Waals surface area contributed by atoms with Crippen molar-refractivity contribution < 1.29 is 32.5 Å². The summed E-state index contributed by atoms with van der Waals surface area (Å²) in [4.78, 5) is 13.9. The lowest BCUT2D eigenvalue weighted by atomic mass is 10.0. The third kappa shape index (κ3) is 7.65. The Morgan fingerprint density at radius 1 is 0.947 bits per heavy atom. The van der Waals surface area contributed by atoms with Gasteiger partial charge in [0.05, 0.1) is 16.7 Å². The molecule has 0 aliphatic rings. The summed E-state index contributed by atoms with van der Waals surface area (Å²) in [7, 11) is 0. The molecular formula is C28H29Cl2F3O4S. The SMILES string of the molecule is CC(C)(C)OC(=O)C(C)(C)Oc1ccc(CCC(O)c2ccc(-c3ccc(C(F)(F)F)cc3)s2)c(Cl)c1Cl. The highest BCUT2D eigenvalue weighted by Crippen LogP contribution is 2.39. The van der Waals surface area contributed by atoms with Gasteiger partial charge in [-0.15, -0.1) is 11.3 Å². The first kappa shape index (κ1) is 30.3. The Kier molecular flexibility index (Phi) is 9.13. The third-order valence-electron chi connectivity index (χ3n) is 5.52. The Morgan fingerprint density at radius 2 is 1.58 bits per heavy atom. The molecule has 3 aromatic rings. The van der Waals surface area contributed by atoms with Gasteiger partial charge in [0, 0.05) is 9.75 Å². The van der Waals surface area contributed by atoms with Crippen molar-refractivity contribution >= 4 is 40.5 Å². The number of hydrogen-bond donors (Lipinski definition) is 1. The number of aliphatic hydroxyl groups is 1. The largest absolute Gasteiger partial charge is 0.475 e. The van der Waals surface area contributed by atoms with Crippen LogP contribution >= 0.6 is 34.5 Å². The van der Waals surface area contributed by atoms with Gasteiger partial charge < -0.3 is 14.6 Å². The highest BCUT2D eigenvalue weighted by Gasteiger charge is 2.35. The maximum absolute atomic E-state index is 12.8. The first-order valence-electron chi connectivity index (χ1n) is 11.8. The maximum Gasteiger partial charge on any atom is 0.416 e. The molecule has 1 heterocycles. The smallest absolute Gasteiger partial charge is 0.416 e. The standard InChI is InChI=1S/C28H29Cl2F3O4S/c1-26(2,3)37-25(35)27(4,5)36-20-13-9-17(23(29)24(20)30)8-12-19(34)22-15-14-21(38-22)16-6-10-18(11-7-16)28(31,32)33/h6-7,9-11,13-15,19,34H,8,12H2,1-5H3. The molecule has 1 unspecified atom stereocenters. The Balaban J connectivity index is 1.66. The van der Waals surface area contributed by atoms with Gasteiger partial charge in [-0.2, -0.15) is 13.2 Å². The van der Waals surface area contributed by atoms with Crippen molar-refractivity contribution in [1.29, 1.82) is 0 Å². The quantitative estimate of drug-likeness (QED) is 0.267. The van der Waals surface area contributed by atoms with E-state index in [1.54, 1.807) is 58.9 Å². The average Bonchev–Trinajstić information content (AvgIpc) is 3.30. The van der Waals surface area contributed by atoms with Crippen LogP contribution in [0.2, 0.25) is 10.0 Å². The van der Waals surface area contributed by atoms with E-state index in [0.29, 0.717) is 28.8 Å². The zero-order valence-electron chi connectivity index (χ0n) is 21.6. The van der Waals surface area contributed by atoms with E-state index in [1.807, 2.05) is 0 Å². The summed E-state index contributed by atoms with van der Waals surface area (Å²) in [5, 5.41) is 11.1. The molecule has 1 aromatic heterocycles. The predicted octanol–water partition coefficient (Wildman–Crippen LogP) is 8.91. The molecule has 0 saturated carbocycles. The van der Waals surface area contributed by atoms with Crippen LogP contribution in [0.25, 0.3) is 10.4 Å². The lowest BCUT2D eigenvalue weighted by Gasteiger charge is -2.29. The van der Waals surface area contributed by atoms with Crippen LogP contribution in [0.5, 0.6) is 5.75 Å². The molecule has 4 nitrogen and oxygen atoms in total. The van der Waals surface area contributed by atoms with Gasteiger partial charge in [0.15, 0.2) is 5.60 Å². The molecule has 0 spiro atoms. The maximum atomic E-state index is 12.8. The fraction of sp³-hybridized carbons (Fsp3) is 0.393. The van der Waals surface area contributed by atoms with Crippen molar-refractivity contribution in [3.8, 4) is 16.2 Å². The molecule has 1 atom stereocenters. The zero-order valence-corrected chi connectivity index (χ0v) is 23.9. The summed E-state index contributed by atoms with van der Waals surface area (Å²) in [6, 6.07) is 11.8. The number of benzene rings is 2. The van der Waals surface area contributed by atoms with Crippen molar-refractivity contribution in [3.63, 3.8) is 0 Å². The first-order valence-corrected chi connectivity index (χ1v) is 13.4. The van der Waals surface area contributed by atoms with Gasteiger partial charge in [0.1, 0.15) is 16.4 Å². The molecule has 206 valence electrons. The predicted molar refractivity (Wildman–Crippen MR) is 145 cm³/mol. The van der Waals surface area contributed by atoms with E-state index in [2.05, 4.69) is 0 Å². The first-order chi connectivity index (χ1) is 17.5. The number of esters is 1. The summed E-state index contributed by atoms with van der Waals surface area (Å²) in [5.41, 5.74) is -1.36. The van der Waals surface area contributed by atoms with Gasteiger partial charge in [-0.1, -0.05) is 41.4 Å². The molecule has 0 bridgehead atoms. The van der Waals surface area contributed by atoms with Crippen LogP contribution in [0.15, 0.2) is 48.5 Å². The Morgan fingerprint density at radius 3 is 2.16 bits per heavy atom.